The van der Waals surface area contributed by atoms with E-state index < -0.39 is 0 Å². The van der Waals surface area contributed by atoms with Gasteiger partial charge in [0.2, 0.25) is 0 Å². The molecule has 0 saturated carbocycles. The van der Waals surface area contributed by atoms with E-state index in [4.69, 9.17) is 27.6 Å². The van der Waals surface area contributed by atoms with Gasteiger partial charge < -0.3 is 27.5 Å². The molecule has 0 saturated heterocycles. The smallest absolute Gasteiger partial charge is 0.145 e. The van der Waals surface area contributed by atoms with Crippen LogP contribution in [0.1, 0.15) is 0 Å². The van der Waals surface area contributed by atoms with Crippen molar-refractivity contribution in [2.75, 3.05) is 9.80 Å². The molecular weight excluding hydrogens is 1210 g/mol. The number of aromatic nitrogens is 4. The molecule has 0 amide bonds. The second-order valence-corrected chi connectivity index (χ2v) is 24.9. The molecule has 6 heterocycles. The Bertz CT molecular complexity index is 6020. The summed E-state index contributed by atoms with van der Waals surface area (Å²) in [5.74, 6) is 3.37. The van der Waals surface area contributed by atoms with Gasteiger partial charge in [0, 0.05) is 112 Å². The lowest BCUT2D eigenvalue weighted by Gasteiger charge is -2.26. The van der Waals surface area contributed by atoms with Crippen molar-refractivity contribution < 1.29 is 17.7 Å². The third-order valence-electron chi connectivity index (χ3n) is 19.1. The molecule has 0 radical (unpaired) electrons. The largest absolute Gasteiger partial charge is 0.456 e. The van der Waals surface area contributed by atoms with E-state index in [1.165, 1.54) is 0 Å². The third-order valence-corrected chi connectivity index (χ3v) is 19.1. The van der Waals surface area contributed by atoms with E-state index in [1.807, 2.05) is 60.7 Å². The van der Waals surface area contributed by atoms with Crippen LogP contribution in [0, 0.1) is 0 Å². The first-order valence-electron chi connectivity index (χ1n) is 32.8. The van der Waals surface area contributed by atoms with Gasteiger partial charge in [-0.3, -0.25) is 9.13 Å². The Kier molecular flexibility index (Phi) is 12.4. The number of hydrogen-bond donors (Lipinski definition) is 0. The van der Waals surface area contributed by atoms with Gasteiger partial charge in [-0.15, -0.1) is 0 Å². The fraction of sp³-hybridized carbons (Fsp3) is 0. The van der Waals surface area contributed by atoms with Crippen LogP contribution in [-0.4, -0.2) is 19.1 Å². The second kappa shape index (κ2) is 22.1. The van der Waals surface area contributed by atoms with Crippen LogP contribution in [0.15, 0.2) is 345 Å². The van der Waals surface area contributed by atoms with E-state index in [0.717, 1.165) is 190 Å². The summed E-state index contributed by atoms with van der Waals surface area (Å²) < 4.78 is 31.0. The van der Waals surface area contributed by atoms with Crippen molar-refractivity contribution in [2.24, 2.45) is 0 Å². The molecule has 20 rings (SSSR count). The second-order valence-electron chi connectivity index (χ2n) is 24.9. The number of hydrogen-bond acceptors (Lipinski definition) is 8. The highest BCUT2D eigenvalue weighted by Gasteiger charge is 2.24. The van der Waals surface area contributed by atoms with E-state index in [0.29, 0.717) is 0 Å². The Hall–Kier alpha value is -13.4. The number of nitrogens with zero attached hydrogens (tertiary/aromatic N) is 6. The van der Waals surface area contributed by atoms with E-state index in [1.54, 1.807) is 0 Å². The summed E-state index contributed by atoms with van der Waals surface area (Å²) >= 11 is 0. The molecule has 20 aromatic rings. The minimum Gasteiger partial charge on any atom is -0.456 e. The molecule has 14 aromatic carbocycles. The Balaban J connectivity index is 0.680. The Morgan fingerprint density at radius 2 is 0.592 bits per heavy atom. The number of anilines is 6. The van der Waals surface area contributed by atoms with Crippen molar-refractivity contribution in [3.05, 3.63) is 328 Å². The summed E-state index contributed by atoms with van der Waals surface area (Å²) in [6.07, 6.45) is 0. The highest BCUT2D eigenvalue weighted by atomic mass is 16.3. The van der Waals surface area contributed by atoms with Gasteiger partial charge in [0.15, 0.2) is 0 Å². The average molecular weight is 1260 g/mol. The van der Waals surface area contributed by atoms with Gasteiger partial charge in [-0.25, -0.2) is 9.97 Å². The molecule has 10 heteroatoms. The van der Waals surface area contributed by atoms with Crippen LogP contribution in [0.3, 0.4) is 0 Å². The van der Waals surface area contributed by atoms with Gasteiger partial charge in [0.1, 0.15) is 56.7 Å². The molecule has 0 atom stereocenters. The van der Waals surface area contributed by atoms with Crippen molar-refractivity contribution in [3.63, 3.8) is 0 Å². The first-order chi connectivity index (χ1) is 48.5. The first-order valence-corrected chi connectivity index (χ1v) is 32.8. The van der Waals surface area contributed by atoms with Crippen LogP contribution in [0.5, 0.6) is 0 Å². The molecule has 0 fully saturated rings. The summed E-state index contributed by atoms with van der Waals surface area (Å²) in [5, 5.41) is 8.42. The van der Waals surface area contributed by atoms with Crippen LogP contribution in [-0.2, 0) is 0 Å². The number of para-hydroxylation sites is 8. The minimum absolute atomic E-state index is 0.775. The lowest BCUT2D eigenvalue weighted by Crippen LogP contribution is -2.10. The zero-order chi connectivity index (χ0) is 64.4. The fourth-order valence-electron chi connectivity index (χ4n) is 14.5. The molecule has 0 unspecified atom stereocenters. The zero-order valence-corrected chi connectivity index (χ0v) is 52.5. The Morgan fingerprint density at radius 3 is 1.00 bits per heavy atom. The fourth-order valence-corrected chi connectivity index (χ4v) is 14.5. The quantitative estimate of drug-likeness (QED) is 0.119. The van der Waals surface area contributed by atoms with E-state index in [-0.39, 0.29) is 0 Å². The molecule has 0 aliphatic carbocycles. The summed E-state index contributed by atoms with van der Waals surface area (Å²) in [7, 11) is 0. The van der Waals surface area contributed by atoms with Crippen molar-refractivity contribution in [3.8, 4) is 56.8 Å². The highest BCUT2D eigenvalue weighted by molar-refractivity contribution is 6.27. The summed E-state index contributed by atoms with van der Waals surface area (Å²) in [6, 6.07) is 114. The summed E-state index contributed by atoms with van der Waals surface area (Å²) in [5.41, 5.74) is 20.7. The van der Waals surface area contributed by atoms with Gasteiger partial charge in [-0.1, -0.05) is 97.1 Å². The molecule has 0 aliphatic heterocycles. The van der Waals surface area contributed by atoms with Crippen LogP contribution < -0.4 is 9.80 Å². The third kappa shape index (κ3) is 9.03. The SMILES string of the molecule is c1ccc(-n2c(-c3ccc(N(c4ccc(-c5cc6ccccc6o5)cc4)c4ccc5c(c4)oc4ccc6c(ccc7oc8cc(N(c9ccc(-c%10cc%11ccccc%11o%10)cc9)c9ccc(-c%10nc%11ccccc%11n%10-c%10ccccc%10)cc9)ccc8c76)c45)cc3)nc3ccccc32)cc1. The van der Waals surface area contributed by atoms with Crippen molar-refractivity contribution in [2.45, 2.75) is 0 Å². The molecule has 460 valence electrons. The van der Waals surface area contributed by atoms with Crippen molar-refractivity contribution in [1.29, 1.82) is 0 Å². The van der Waals surface area contributed by atoms with E-state index in [9.17, 15) is 0 Å². The normalized spacial score (nSPS) is 11.9. The molecular formula is C88H54N6O4. The maximum Gasteiger partial charge on any atom is 0.145 e. The zero-order valence-electron chi connectivity index (χ0n) is 52.5. The molecule has 0 spiro atoms. The van der Waals surface area contributed by atoms with Crippen LogP contribution in [0.4, 0.5) is 34.1 Å². The van der Waals surface area contributed by atoms with Crippen molar-refractivity contribution >= 4 is 133 Å². The predicted octanol–water partition coefficient (Wildman–Crippen LogP) is 24.4. The summed E-state index contributed by atoms with van der Waals surface area (Å²) in [6.45, 7) is 0. The maximum atomic E-state index is 6.93. The molecule has 6 aromatic heterocycles. The summed E-state index contributed by atoms with van der Waals surface area (Å²) in [4.78, 5) is 15.0. The van der Waals surface area contributed by atoms with E-state index >= 15 is 0 Å². The number of benzene rings is 14. The molecule has 10 nitrogen and oxygen atoms in total. The highest BCUT2D eigenvalue weighted by Crippen LogP contribution is 2.47. The maximum absolute atomic E-state index is 6.93. The topological polar surface area (TPSA) is 94.7 Å². The van der Waals surface area contributed by atoms with Crippen LogP contribution in [0.2, 0.25) is 0 Å². The number of rotatable bonds is 12. The molecule has 0 aliphatic rings. The van der Waals surface area contributed by atoms with E-state index in [2.05, 4.69) is 286 Å². The minimum atomic E-state index is 0.775. The van der Waals surface area contributed by atoms with Gasteiger partial charge in [-0.2, -0.15) is 0 Å². The molecule has 98 heavy (non-hydrogen) atoms. The molecule has 0 N–H and O–H groups in total. The van der Waals surface area contributed by atoms with Gasteiger partial charge >= 0.3 is 0 Å². The Labute approximate surface area is 560 Å². The Morgan fingerprint density at radius 1 is 0.245 bits per heavy atom. The molecule has 0 bridgehead atoms. The predicted molar refractivity (Wildman–Crippen MR) is 398 cm³/mol. The average Bonchev–Trinajstić information content (AvgIpc) is 1.56. The standard InChI is InChI=1S/C88H54N6O4/c1-3-17-61(18-4-1)93-75-23-11-9-21-73(75)89-87(93)57-31-39-65(40-32-57)91(63-35-27-55(28-36-63)81-51-59-15-7-13-25-77(59)95-81)67-43-45-71-83(53-67)97-79-49-47-70-69(85(71)79)48-50-80-86(70)72-46-44-68(54-84(72)98-80)92(64-37-29-56(30-38-64)82-52-60-16-8-14-26-78(60)96-82)66-41-33-58(34-42-66)88-90-74-22-10-12-24-76(74)94(88)62-19-5-2-6-20-62/h1-54H. The van der Waals surface area contributed by atoms with Gasteiger partial charge in [0.25, 0.3) is 0 Å². The van der Waals surface area contributed by atoms with Crippen LogP contribution in [0.25, 0.3) is 155 Å². The number of furan rings is 4. The van der Waals surface area contributed by atoms with Crippen LogP contribution >= 0.6 is 0 Å². The number of fused-ring (bicyclic) bond motifs is 13. The monoisotopic (exact) mass is 1260 g/mol. The first kappa shape index (κ1) is 55.1. The lowest BCUT2D eigenvalue weighted by atomic mass is 9.99. The van der Waals surface area contributed by atoms with Gasteiger partial charge in [-0.05, 0) is 229 Å². The van der Waals surface area contributed by atoms with Gasteiger partial charge in [0.05, 0.1) is 22.1 Å². The van der Waals surface area contributed by atoms with Crippen molar-refractivity contribution in [1.82, 2.24) is 19.1 Å². The number of imidazole rings is 2. The lowest BCUT2D eigenvalue weighted by molar-refractivity contribution is 0.631.